The Bertz CT molecular complexity index is 707. The van der Waals surface area contributed by atoms with Crippen LogP contribution in [0, 0.1) is 6.92 Å². The van der Waals surface area contributed by atoms with Gasteiger partial charge in [-0.05, 0) is 18.6 Å². The summed E-state index contributed by atoms with van der Waals surface area (Å²) in [5, 5.41) is 4.17. The van der Waals surface area contributed by atoms with E-state index < -0.39 is 10.0 Å². The van der Waals surface area contributed by atoms with Crippen molar-refractivity contribution < 1.29 is 8.42 Å². The summed E-state index contributed by atoms with van der Waals surface area (Å²) in [6.45, 7) is 2.08. The monoisotopic (exact) mass is 294 g/mol. The molecule has 0 unspecified atom stereocenters. The Morgan fingerprint density at radius 3 is 2.60 bits per heavy atom. The van der Waals surface area contributed by atoms with E-state index in [0.717, 1.165) is 11.3 Å². The molecule has 0 bridgehead atoms. The molecule has 3 N–H and O–H groups in total. The summed E-state index contributed by atoms with van der Waals surface area (Å²) >= 11 is 0. The molecule has 0 saturated heterocycles. The van der Waals surface area contributed by atoms with Crippen LogP contribution in [0.4, 0.5) is 5.69 Å². The lowest BCUT2D eigenvalue weighted by atomic mass is 10.2. The summed E-state index contributed by atoms with van der Waals surface area (Å²) in [6, 6.07) is 6.95. The predicted octanol–water partition coefficient (Wildman–Crippen LogP) is 0.930. The van der Waals surface area contributed by atoms with Crippen LogP contribution < -0.4 is 10.5 Å². The average Bonchev–Trinajstić information content (AvgIpc) is 2.68. The van der Waals surface area contributed by atoms with E-state index in [1.165, 1.54) is 0 Å². The summed E-state index contributed by atoms with van der Waals surface area (Å²) in [4.78, 5) is 0. The van der Waals surface area contributed by atoms with Gasteiger partial charge in [0.1, 0.15) is 0 Å². The van der Waals surface area contributed by atoms with Crippen molar-refractivity contribution in [3.63, 3.8) is 0 Å². The minimum atomic E-state index is -3.43. The van der Waals surface area contributed by atoms with Gasteiger partial charge >= 0.3 is 0 Å². The summed E-state index contributed by atoms with van der Waals surface area (Å²) < 4.78 is 28.3. The predicted molar refractivity (Wildman–Crippen MR) is 78.3 cm³/mol. The fourth-order valence-corrected chi connectivity index (χ4v) is 3.08. The number of para-hydroxylation sites is 1. The van der Waals surface area contributed by atoms with Crippen LogP contribution in [0.5, 0.6) is 0 Å². The maximum Gasteiger partial charge on any atom is 0.216 e. The van der Waals surface area contributed by atoms with E-state index in [1.54, 1.807) is 42.2 Å². The van der Waals surface area contributed by atoms with Gasteiger partial charge in [-0.25, -0.2) is 13.1 Å². The first-order valence-corrected chi connectivity index (χ1v) is 7.82. The molecule has 7 heteroatoms. The van der Waals surface area contributed by atoms with Gasteiger partial charge in [-0.2, -0.15) is 5.10 Å². The summed E-state index contributed by atoms with van der Waals surface area (Å²) in [7, 11) is -1.63. The minimum absolute atomic E-state index is 0.126. The van der Waals surface area contributed by atoms with E-state index in [4.69, 9.17) is 5.73 Å². The molecule has 2 rings (SSSR count). The number of sulfonamides is 1. The SMILES string of the molecule is Cc1nn(C)cc1CNS(=O)(=O)Cc1ccccc1N. The molecule has 0 atom stereocenters. The van der Waals surface area contributed by atoms with Crippen LogP contribution in [0.25, 0.3) is 0 Å². The van der Waals surface area contributed by atoms with Gasteiger partial charge in [0.15, 0.2) is 0 Å². The fraction of sp³-hybridized carbons (Fsp3) is 0.308. The highest BCUT2D eigenvalue weighted by molar-refractivity contribution is 7.88. The van der Waals surface area contributed by atoms with E-state index >= 15 is 0 Å². The number of nitrogens with one attached hydrogen (secondary N) is 1. The van der Waals surface area contributed by atoms with E-state index in [1.807, 2.05) is 6.92 Å². The zero-order valence-electron chi connectivity index (χ0n) is 11.5. The van der Waals surface area contributed by atoms with E-state index in [9.17, 15) is 8.42 Å². The quantitative estimate of drug-likeness (QED) is 0.803. The van der Waals surface area contributed by atoms with Crippen molar-refractivity contribution in [2.75, 3.05) is 5.73 Å². The maximum absolute atomic E-state index is 12.0. The van der Waals surface area contributed by atoms with Gasteiger partial charge in [0, 0.05) is 31.0 Å². The van der Waals surface area contributed by atoms with Crippen LogP contribution in [0.2, 0.25) is 0 Å². The fourth-order valence-electron chi connectivity index (χ4n) is 1.93. The Labute approximate surface area is 118 Å². The molecular formula is C13H18N4O2S. The van der Waals surface area contributed by atoms with Crippen molar-refractivity contribution in [3.05, 3.63) is 47.3 Å². The van der Waals surface area contributed by atoms with Gasteiger partial charge in [0.25, 0.3) is 0 Å². The second-order valence-electron chi connectivity index (χ2n) is 4.69. The molecule has 0 fully saturated rings. The topological polar surface area (TPSA) is 90.0 Å². The summed E-state index contributed by atoms with van der Waals surface area (Å²) in [6.07, 6.45) is 1.80. The molecule has 1 heterocycles. The molecule has 20 heavy (non-hydrogen) atoms. The first kappa shape index (κ1) is 14.5. The number of anilines is 1. The van der Waals surface area contributed by atoms with Gasteiger partial charge < -0.3 is 5.73 Å². The van der Waals surface area contributed by atoms with Crippen molar-refractivity contribution in [3.8, 4) is 0 Å². The lowest BCUT2D eigenvalue weighted by Crippen LogP contribution is -2.25. The Hall–Kier alpha value is -1.86. The van der Waals surface area contributed by atoms with Gasteiger partial charge in [-0.3, -0.25) is 4.68 Å². The molecule has 0 amide bonds. The van der Waals surface area contributed by atoms with Gasteiger partial charge in [-0.15, -0.1) is 0 Å². The number of nitrogens with two attached hydrogens (primary N) is 1. The van der Waals surface area contributed by atoms with Gasteiger partial charge in [-0.1, -0.05) is 18.2 Å². The molecule has 0 aliphatic rings. The maximum atomic E-state index is 12.0. The third-order valence-electron chi connectivity index (χ3n) is 3.00. The molecule has 6 nitrogen and oxygen atoms in total. The largest absolute Gasteiger partial charge is 0.398 e. The average molecular weight is 294 g/mol. The number of aryl methyl sites for hydroxylation is 2. The molecule has 0 spiro atoms. The Morgan fingerprint density at radius 1 is 1.30 bits per heavy atom. The van der Waals surface area contributed by atoms with Crippen LogP contribution in [0.1, 0.15) is 16.8 Å². The molecule has 0 aliphatic heterocycles. The van der Waals surface area contributed by atoms with Crippen LogP contribution in [-0.4, -0.2) is 18.2 Å². The molecule has 1 aromatic carbocycles. The molecular weight excluding hydrogens is 276 g/mol. The highest BCUT2D eigenvalue weighted by Crippen LogP contribution is 2.14. The van der Waals surface area contributed by atoms with Crippen molar-refractivity contribution in [2.24, 2.45) is 7.05 Å². The van der Waals surface area contributed by atoms with Crippen molar-refractivity contribution >= 4 is 15.7 Å². The van der Waals surface area contributed by atoms with Crippen molar-refractivity contribution in [1.82, 2.24) is 14.5 Å². The first-order chi connectivity index (χ1) is 9.37. The number of rotatable bonds is 5. The van der Waals surface area contributed by atoms with Gasteiger partial charge in [0.2, 0.25) is 10.0 Å². The Kier molecular flexibility index (Phi) is 4.10. The number of nitrogens with zero attached hydrogens (tertiary/aromatic N) is 2. The Balaban J connectivity index is 2.05. The third kappa shape index (κ3) is 3.58. The lowest BCUT2D eigenvalue weighted by molar-refractivity contribution is 0.580. The highest BCUT2D eigenvalue weighted by atomic mass is 32.2. The number of benzene rings is 1. The van der Waals surface area contributed by atoms with Crippen molar-refractivity contribution in [1.29, 1.82) is 0 Å². The highest BCUT2D eigenvalue weighted by Gasteiger charge is 2.14. The van der Waals surface area contributed by atoms with Crippen molar-refractivity contribution in [2.45, 2.75) is 19.2 Å². The molecule has 2 aromatic rings. The summed E-state index contributed by atoms with van der Waals surface area (Å²) in [5.41, 5.74) is 8.51. The third-order valence-corrected chi connectivity index (χ3v) is 4.27. The molecule has 108 valence electrons. The zero-order valence-corrected chi connectivity index (χ0v) is 12.3. The number of aromatic nitrogens is 2. The zero-order chi connectivity index (χ0) is 14.8. The van der Waals surface area contributed by atoms with E-state index in [0.29, 0.717) is 11.3 Å². The summed E-state index contributed by atoms with van der Waals surface area (Å²) in [5.74, 6) is -0.126. The Morgan fingerprint density at radius 2 is 2.00 bits per heavy atom. The van der Waals surface area contributed by atoms with Gasteiger partial charge in [0.05, 0.1) is 11.4 Å². The number of hydrogen-bond donors (Lipinski definition) is 2. The number of nitrogen functional groups attached to an aromatic ring is 1. The van der Waals surface area contributed by atoms with Crippen LogP contribution >= 0.6 is 0 Å². The molecule has 0 aliphatic carbocycles. The standard InChI is InChI=1S/C13H18N4O2S/c1-10-12(8-17(2)16-10)7-15-20(18,19)9-11-5-3-4-6-13(11)14/h3-6,8,15H,7,9,14H2,1-2H3. The lowest BCUT2D eigenvalue weighted by Gasteiger charge is -2.08. The molecule has 0 radical (unpaired) electrons. The van der Waals surface area contributed by atoms with Crippen LogP contribution in [-0.2, 0) is 29.4 Å². The molecule has 0 saturated carbocycles. The second-order valence-corrected chi connectivity index (χ2v) is 6.50. The number of hydrogen-bond acceptors (Lipinski definition) is 4. The minimum Gasteiger partial charge on any atom is -0.398 e. The molecule has 1 aromatic heterocycles. The normalized spacial score (nSPS) is 11.7. The van der Waals surface area contributed by atoms with E-state index in [2.05, 4.69) is 9.82 Å². The second kappa shape index (κ2) is 5.64. The first-order valence-electron chi connectivity index (χ1n) is 6.17. The van der Waals surface area contributed by atoms with Crippen LogP contribution in [0.15, 0.2) is 30.5 Å². The van der Waals surface area contributed by atoms with E-state index in [-0.39, 0.29) is 12.3 Å². The van der Waals surface area contributed by atoms with Crippen LogP contribution in [0.3, 0.4) is 0 Å². The smallest absolute Gasteiger partial charge is 0.216 e.